The minimum Gasteiger partial charge on any atom is -0.144 e. The highest BCUT2D eigenvalue weighted by Crippen LogP contribution is 2.25. The molecule has 0 aliphatic carbocycles. The molecule has 0 spiro atoms. The number of hydrogen-bond donors (Lipinski definition) is 0. The van der Waals surface area contributed by atoms with Gasteiger partial charge in [-0.1, -0.05) is 32.6 Å². The van der Waals surface area contributed by atoms with Gasteiger partial charge in [-0.2, -0.15) is 0 Å². The Morgan fingerprint density at radius 2 is 2.08 bits per heavy atom. The van der Waals surface area contributed by atoms with E-state index in [1.54, 1.807) is 11.3 Å². The van der Waals surface area contributed by atoms with Crippen LogP contribution in [0.5, 0.6) is 0 Å². The number of allylic oxidation sites excluding steroid dienone is 2. The lowest BCUT2D eigenvalue weighted by atomic mass is 10.1. The van der Waals surface area contributed by atoms with Crippen molar-refractivity contribution in [1.82, 2.24) is 0 Å². The highest BCUT2D eigenvalue weighted by Gasteiger charge is 2.00. The van der Waals surface area contributed by atoms with Crippen molar-refractivity contribution in [3.63, 3.8) is 0 Å². The Bertz CT molecular complexity index is 279. The molecule has 0 aromatic carbocycles. The molecule has 0 amide bonds. The van der Waals surface area contributed by atoms with Gasteiger partial charge in [0, 0.05) is 4.88 Å². The first-order chi connectivity index (χ1) is 6.29. The van der Waals surface area contributed by atoms with Gasteiger partial charge in [-0.3, -0.25) is 0 Å². The normalized spacial score (nSPS) is 10.3. The molecule has 0 bridgehead atoms. The molecule has 1 aromatic heterocycles. The Hall–Kier alpha value is -0.820. The second-order valence-corrected chi connectivity index (χ2v) is 3.30. The van der Waals surface area contributed by atoms with Crippen LogP contribution in [0.4, 0.5) is 0 Å². The Morgan fingerprint density at radius 3 is 2.54 bits per heavy atom. The number of thiophene rings is 1. The molecule has 0 saturated carbocycles. The average Bonchev–Trinajstić information content (AvgIpc) is 2.67. The lowest BCUT2D eigenvalue weighted by molar-refractivity contribution is 1.50. The largest absolute Gasteiger partial charge is 0.144 e. The third-order valence-corrected chi connectivity index (χ3v) is 2.77. The highest BCUT2D eigenvalue weighted by molar-refractivity contribution is 7.11. The number of rotatable bonds is 2. The Labute approximate surface area is 85.6 Å². The van der Waals surface area contributed by atoms with E-state index >= 15 is 0 Å². The fourth-order valence-electron chi connectivity index (χ4n) is 0.932. The van der Waals surface area contributed by atoms with Crippen LogP contribution >= 0.6 is 11.3 Å². The van der Waals surface area contributed by atoms with Gasteiger partial charge in [0.1, 0.15) is 0 Å². The van der Waals surface area contributed by atoms with Crippen molar-refractivity contribution in [3.8, 4) is 0 Å². The van der Waals surface area contributed by atoms with Gasteiger partial charge in [-0.25, -0.2) is 0 Å². The molecule has 0 unspecified atom stereocenters. The second-order valence-electron chi connectivity index (χ2n) is 2.38. The van der Waals surface area contributed by atoms with Crippen molar-refractivity contribution < 1.29 is 0 Å². The van der Waals surface area contributed by atoms with Crippen LogP contribution in [-0.4, -0.2) is 0 Å². The van der Waals surface area contributed by atoms with E-state index in [1.165, 1.54) is 16.0 Å². The first-order valence-electron chi connectivity index (χ1n) is 4.62. The quantitative estimate of drug-likeness (QED) is 0.632. The summed E-state index contributed by atoms with van der Waals surface area (Å²) in [6.45, 7) is 11.9. The fraction of sp³-hybridized carbons (Fsp3) is 0.333. The van der Waals surface area contributed by atoms with E-state index in [9.17, 15) is 0 Å². The molecular formula is C12H18S. The molecule has 0 aliphatic heterocycles. The zero-order valence-corrected chi connectivity index (χ0v) is 9.74. The van der Waals surface area contributed by atoms with Crippen LogP contribution in [0, 0.1) is 0 Å². The molecule has 1 aromatic rings. The summed E-state index contributed by atoms with van der Waals surface area (Å²) in [6, 6.07) is 2.10. The molecule has 0 nitrogen and oxygen atoms in total. The maximum atomic E-state index is 3.76. The Balaban J connectivity index is 0.000000671. The Morgan fingerprint density at radius 1 is 1.46 bits per heavy atom. The third-order valence-electron chi connectivity index (χ3n) is 1.71. The maximum Gasteiger partial charge on any atom is 0.0368 e. The molecule has 0 atom stereocenters. The summed E-state index contributed by atoms with van der Waals surface area (Å²) in [5.41, 5.74) is 2.57. The van der Waals surface area contributed by atoms with Crippen LogP contribution in [-0.2, 0) is 0 Å². The zero-order valence-electron chi connectivity index (χ0n) is 8.92. The van der Waals surface area contributed by atoms with Gasteiger partial charge in [-0.05, 0) is 36.4 Å². The summed E-state index contributed by atoms with van der Waals surface area (Å²) in [6.07, 6.45) is 4.03. The summed E-state index contributed by atoms with van der Waals surface area (Å²) >= 11 is 1.77. The van der Waals surface area contributed by atoms with E-state index in [1.807, 2.05) is 19.9 Å². The van der Waals surface area contributed by atoms with Gasteiger partial charge in [-0.15, -0.1) is 11.3 Å². The van der Waals surface area contributed by atoms with Gasteiger partial charge in [0.2, 0.25) is 0 Å². The van der Waals surface area contributed by atoms with Crippen molar-refractivity contribution in [3.05, 3.63) is 34.5 Å². The summed E-state index contributed by atoms with van der Waals surface area (Å²) in [7, 11) is 0. The second kappa shape index (κ2) is 6.67. The topological polar surface area (TPSA) is 0 Å². The smallest absolute Gasteiger partial charge is 0.0368 e. The summed E-state index contributed by atoms with van der Waals surface area (Å²) in [5, 5.41) is 2.10. The minimum atomic E-state index is 1.24. The van der Waals surface area contributed by atoms with Gasteiger partial charge in [0.15, 0.2) is 0 Å². The molecule has 0 saturated heterocycles. The van der Waals surface area contributed by atoms with E-state index in [0.717, 1.165) is 0 Å². The van der Waals surface area contributed by atoms with E-state index in [0.29, 0.717) is 0 Å². The lowest BCUT2D eigenvalue weighted by Gasteiger charge is -1.96. The molecule has 0 N–H and O–H groups in total. The predicted molar refractivity (Wildman–Crippen MR) is 65.1 cm³/mol. The van der Waals surface area contributed by atoms with Crippen molar-refractivity contribution in [2.24, 2.45) is 0 Å². The standard InChI is InChI=1S/C10H12S.C2H6/c1-4-8(3)10-9(5-2)6-7-11-10;1-2/h4-7H,2H2,1,3H3;1-2H3/b8-4-;. The Kier molecular flexibility index (Phi) is 6.25. The molecule has 0 radical (unpaired) electrons. The summed E-state index contributed by atoms with van der Waals surface area (Å²) < 4.78 is 0. The molecule has 0 fully saturated rings. The van der Waals surface area contributed by atoms with Crippen molar-refractivity contribution in [2.45, 2.75) is 27.7 Å². The predicted octanol–water partition coefficient (Wildman–Crippen LogP) is 4.84. The number of hydrogen-bond acceptors (Lipinski definition) is 1. The lowest BCUT2D eigenvalue weighted by Crippen LogP contribution is -1.74. The van der Waals surface area contributed by atoms with Crippen LogP contribution in [0.15, 0.2) is 24.1 Å². The third kappa shape index (κ3) is 3.19. The minimum absolute atomic E-state index is 1.24. The van der Waals surface area contributed by atoms with Crippen molar-refractivity contribution >= 4 is 23.0 Å². The van der Waals surface area contributed by atoms with E-state index < -0.39 is 0 Å². The monoisotopic (exact) mass is 194 g/mol. The molecule has 1 heterocycles. The van der Waals surface area contributed by atoms with Crippen LogP contribution in [0.1, 0.15) is 38.1 Å². The first kappa shape index (κ1) is 12.2. The molecule has 1 rings (SSSR count). The van der Waals surface area contributed by atoms with Gasteiger partial charge in [0.05, 0.1) is 0 Å². The van der Waals surface area contributed by atoms with Crippen LogP contribution in [0.25, 0.3) is 11.6 Å². The van der Waals surface area contributed by atoms with Gasteiger partial charge >= 0.3 is 0 Å². The fourth-order valence-corrected chi connectivity index (χ4v) is 1.87. The average molecular weight is 194 g/mol. The zero-order chi connectivity index (χ0) is 10.3. The van der Waals surface area contributed by atoms with Crippen LogP contribution in [0.3, 0.4) is 0 Å². The van der Waals surface area contributed by atoms with Crippen LogP contribution in [0.2, 0.25) is 0 Å². The van der Waals surface area contributed by atoms with Crippen molar-refractivity contribution in [1.29, 1.82) is 0 Å². The van der Waals surface area contributed by atoms with E-state index in [2.05, 4.69) is 37.9 Å². The summed E-state index contributed by atoms with van der Waals surface area (Å²) in [5.74, 6) is 0. The van der Waals surface area contributed by atoms with Gasteiger partial charge in [0.25, 0.3) is 0 Å². The molecule has 72 valence electrons. The maximum absolute atomic E-state index is 3.76. The molecule has 1 heteroatoms. The van der Waals surface area contributed by atoms with Gasteiger partial charge < -0.3 is 0 Å². The summed E-state index contributed by atoms with van der Waals surface area (Å²) in [4.78, 5) is 1.34. The highest BCUT2D eigenvalue weighted by atomic mass is 32.1. The molecule has 0 aliphatic rings. The SMILES string of the molecule is C=Cc1ccsc1/C(C)=C\C.CC. The van der Waals surface area contributed by atoms with Crippen molar-refractivity contribution in [2.75, 3.05) is 0 Å². The van der Waals surface area contributed by atoms with E-state index in [-0.39, 0.29) is 0 Å². The first-order valence-corrected chi connectivity index (χ1v) is 5.50. The van der Waals surface area contributed by atoms with Crippen LogP contribution < -0.4 is 0 Å². The van der Waals surface area contributed by atoms with E-state index in [4.69, 9.17) is 0 Å². The molecule has 13 heavy (non-hydrogen) atoms. The molecular weight excluding hydrogens is 176 g/mol.